The SMILES string of the molecule is COC(=O)C[C@H](O)c1cc(C)c(OC)c(C)c1. The average molecular weight is 238 g/mol. The monoisotopic (exact) mass is 238 g/mol. The second-order valence-corrected chi connectivity index (χ2v) is 3.98. The zero-order valence-electron chi connectivity index (χ0n) is 10.6. The number of rotatable bonds is 4. The van der Waals surface area contributed by atoms with Gasteiger partial charge in [0.05, 0.1) is 26.7 Å². The minimum atomic E-state index is -0.842. The lowest BCUT2D eigenvalue weighted by atomic mass is 10.00. The van der Waals surface area contributed by atoms with E-state index in [1.807, 2.05) is 26.0 Å². The summed E-state index contributed by atoms with van der Waals surface area (Å²) < 4.78 is 9.76. The van der Waals surface area contributed by atoms with Gasteiger partial charge in [-0.25, -0.2) is 0 Å². The van der Waals surface area contributed by atoms with Crippen LogP contribution >= 0.6 is 0 Å². The topological polar surface area (TPSA) is 55.8 Å². The average Bonchev–Trinajstić information content (AvgIpc) is 2.28. The van der Waals surface area contributed by atoms with Crippen LogP contribution in [0.25, 0.3) is 0 Å². The molecule has 0 heterocycles. The third-order valence-corrected chi connectivity index (χ3v) is 2.66. The molecule has 0 amide bonds. The summed E-state index contributed by atoms with van der Waals surface area (Å²) >= 11 is 0. The highest BCUT2D eigenvalue weighted by Gasteiger charge is 2.15. The summed E-state index contributed by atoms with van der Waals surface area (Å²) in [6.07, 6.45) is -0.882. The van der Waals surface area contributed by atoms with Crippen LogP contribution in [0.2, 0.25) is 0 Å². The van der Waals surface area contributed by atoms with E-state index in [0.717, 1.165) is 16.9 Å². The number of carbonyl (C=O) groups is 1. The number of aliphatic hydroxyl groups is 1. The lowest BCUT2D eigenvalue weighted by Gasteiger charge is -2.14. The maximum atomic E-state index is 11.1. The van der Waals surface area contributed by atoms with Crippen molar-refractivity contribution in [1.29, 1.82) is 0 Å². The van der Waals surface area contributed by atoms with E-state index in [9.17, 15) is 9.90 Å². The Kier molecular flexibility index (Phi) is 4.52. The van der Waals surface area contributed by atoms with Crippen LogP contribution in [-0.2, 0) is 9.53 Å². The van der Waals surface area contributed by atoms with E-state index in [2.05, 4.69) is 4.74 Å². The highest BCUT2D eigenvalue weighted by Crippen LogP contribution is 2.28. The van der Waals surface area contributed by atoms with Crippen molar-refractivity contribution in [3.05, 3.63) is 28.8 Å². The van der Waals surface area contributed by atoms with Crippen molar-refractivity contribution in [2.24, 2.45) is 0 Å². The first-order valence-corrected chi connectivity index (χ1v) is 5.39. The molecule has 0 aliphatic carbocycles. The zero-order chi connectivity index (χ0) is 13.0. The normalized spacial score (nSPS) is 12.1. The molecular formula is C13H18O4. The zero-order valence-corrected chi connectivity index (χ0v) is 10.6. The van der Waals surface area contributed by atoms with Gasteiger partial charge < -0.3 is 14.6 Å². The van der Waals surface area contributed by atoms with Gasteiger partial charge in [-0.3, -0.25) is 4.79 Å². The number of methoxy groups -OCH3 is 2. The Labute approximate surface area is 101 Å². The molecule has 0 saturated carbocycles. The molecule has 0 spiro atoms. The summed E-state index contributed by atoms with van der Waals surface area (Å²) in [4.78, 5) is 11.1. The molecule has 1 N–H and O–H groups in total. The highest BCUT2D eigenvalue weighted by molar-refractivity contribution is 5.70. The fourth-order valence-electron chi connectivity index (χ4n) is 1.86. The van der Waals surface area contributed by atoms with Gasteiger partial charge in [-0.2, -0.15) is 0 Å². The Morgan fingerprint density at radius 3 is 2.24 bits per heavy atom. The molecule has 0 fully saturated rings. The molecule has 4 nitrogen and oxygen atoms in total. The van der Waals surface area contributed by atoms with Crippen LogP contribution in [0.5, 0.6) is 5.75 Å². The third kappa shape index (κ3) is 3.20. The van der Waals surface area contributed by atoms with Gasteiger partial charge in [0.25, 0.3) is 0 Å². The summed E-state index contributed by atoms with van der Waals surface area (Å²) in [7, 11) is 2.92. The van der Waals surface area contributed by atoms with Crippen LogP contribution in [0.3, 0.4) is 0 Å². The minimum Gasteiger partial charge on any atom is -0.496 e. The number of esters is 1. The van der Waals surface area contributed by atoms with Crippen LogP contribution in [0.1, 0.15) is 29.2 Å². The van der Waals surface area contributed by atoms with Gasteiger partial charge in [-0.15, -0.1) is 0 Å². The third-order valence-electron chi connectivity index (χ3n) is 2.66. The molecule has 1 aromatic carbocycles. The Balaban J connectivity index is 2.96. The Morgan fingerprint density at radius 2 is 1.82 bits per heavy atom. The fraction of sp³-hybridized carbons (Fsp3) is 0.462. The summed E-state index contributed by atoms with van der Waals surface area (Å²) in [5.41, 5.74) is 2.57. The van der Waals surface area contributed by atoms with Gasteiger partial charge in [-0.1, -0.05) is 0 Å². The number of hydrogen-bond donors (Lipinski definition) is 1. The lowest BCUT2D eigenvalue weighted by molar-refractivity contribution is -0.142. The van der Waals surface area contributed by atoms with Gasteiger partial charge in [0, 0.05) is 0 Å². The van der Waals surface area contributed by atoms with Crippen molar-refractivity contribution < 1.29 is 19.4 Å². The van der Waals surface area contributed by atoms with E-state index in [1.165, 1.54) is 7.11 Å². The van der Waals surface area contributed by atoms with Crippen LogP contribution in [0.4, 0.5) is 0 Å². The Hall–Kier alpha value is -1.55. The van der Waals surface area contributed by atoms with E-state index >= 15 is 0 Å². The summed E-state index contributed by atoms with van der Waals surface area (Å²) in [5, 5.41) is 9.89. The van der Waals surface area contributed by atoms with Gasteiger partial charge in [0.15, 0.2) is 0 Å². The molecular weight excluding hydrogens is 220 g/mol. The van der Waals surface area contributed by atoms with E-state index in [0.29, 0.717) is 5.56 Å². The molecule has 0 aromatic heterocycles. The maximum absolute atomic E-state index is 11.1. The van der Waals surface area contributed by atoms with Crippen LogP contribution in [0.15, 0.2) is 12.1 Å². The molecule has 1 rings (SSSR count). The van der Waals surface area contributed by atoms with E-state index in [4.69, 9.17) is 4.74 Å². The number of carbonyl (C=O) groups excluding carboxylic acids is 1. The van der Waals surface area contributed by atoms with E-state index < -0.39 is 12.1 Å². The maximum Gasteiger partial charge on any atom is 0.308 e. The van der Waals surface area contributed by atoms with Crippen LogP contribution in [0, 0.1) is 13.8 Å². The van der Waals surface area contributed by atoms with Crippen LogP contribution < -0.4 is 4.74 Å². The van der Waals surface area contributed by atoms with Gasteiger partial charge in [0.2, 0.25) is 0 Å². The first kappa shape index (κ1) is 13.5. The Bertz CT molecular complexity index is 389. The minimum absolute atomic E-state index is 0.0400. The molecule has 17 heavy (non-hydrogen) atoms. The Morgan fingerprint density at radius 1 is 1.29 bits per heavy atom. The second-order valence-electron chi connectivity index (χ2n) is 3.98. The largest absolute Gasteiger partial charge is 0.496 e. The molecule has 0 saturated heterocycles. The van der Waals surface area contributed by atoms with Crippen LogP contribution in [-0.4, -0.2) is 25.3 Å². The first-order chi connectivity index (χ1) is 7.99. The molecule has 0 aliphatic heterocycles. The van der Waals surface area contributed by atoms with Gasteiger partial charge in [-0.05, 0) is 42.7 Å². The van der Waals surface area contributed by atoms with Crippen molar-refractivity contribution in [2.45, 2.75) is 26.4 Å². The number of hydrogen-bond acceptors (Lipinski definition) is 4. The van der Waals surface area contributed by atoms with Crippen molar-refractivity contribution >= 4 is 5.97 Å². The highest BCUT2D eigenvalue weighted by atomic mass is 16.5. The molecule has 0 aliphatic rings. The van der Waals surface area contributed by atoms with Gasteiger partial charge in [0.1, 0.15) is 5.75 Å². The number of aliphatic hydroxyl groups excluding tert-OH is 1. The number of ether oxygens (including phenoxy) is 2. The second kappa shape index (κ2) is 5.68. The summed E-state index contributed by atoms with van der Waals surface area (Å²) in [6, 6.07) is 3.64. The molecule has 1 atom stereocenters. The fourth-order valence-corrected chi connectivity index (χ4v) is 1.86. The molecule has 0 bridgehead atoms. The molecule has 0 unspecified atom stereocenters. The smallest absolute Gasteiger partial charge is 0.308 e. The van der Waals surface area contributed by atoms with E-state index in [1.54, 1.807) is 7.11 Å². The molecule has 94 valence electrons. The van der Waals surface area contributed by atoms with Crippen molar-refractivity contribution in [3.63, 3.8) is 0 Å². The molecule has 4 heteroatoms. The summed E-state index contributed by atoms with van der Waals surface area (Å²) in [5.74, 6) is 0.377. The number of benzene rings is 1. The lowest BCUT2D eigenvalue weighted by Crippen LogP contribution is -2.08. The first-order valence-electron chi connectivity index (χ1n) is 5.39. The van der Waals surface area contributed by atoms with Crippen molar-refractivity contribution in [2.75, 3.05) is 14.2 Å². The predicted octanol–water partition coefficient (Wildman–Crippen LogP) is 1.91. The molecule has 0 radical (unpaired) electrons. The van der Waals surface area contributed by atoms with Gasteiger partial charge >= 0.3 is 5.97 Å². The number of aryl methyl sites for hydroxylation is 2. The summed E-state index contributed by atoms with van der Waals surface area (Å²) in [6.45, 7) is 3.81. The van der Waals surface area contributed by atoms with Crippen molar-refractivity contribution in [1.82, 2.24) is 0 Å². The van der Waals surface area contributed by atoms with Crippen molar-refractivity contribution in [3.8, 4) is 5.75 Å². The quantitative estimate of drug-likeness (QED) is 0.814. The predicted molar refractivity (Wildman–Crippen MR) is 64.1 cm³/mol. The van der Waals surface area contributed by atoms with E-state index in [-0.39, 0.29) is 6.42 Å². The standard InChI is InChI=1S/C13H18O4/c1-8-5-10(6-9(2)13(8)17-4)11(14)7-12(15)16-3/h5-6,11,14H,7H2,1-4H3/t11-/m0/s1. The molecule has 1 aromatic rings.